The number of hydrogen-bond donors (Lipinski definition) is 0. The third-order valence-electron chi connectivity index (χ3n) is 2.85. The first-order chi connectivity index (χ1) is 10.2. The van der Waals surface area contributed by atoms with Crippen LogP contribution in [0.15, 0.2) is 52.1 Å². The summed E-state index contributed by atoms with van der Waals surface area (Å²) in [7, 11) is 3.22. The Hall–Kier alpha value is -2.01. The molecule has 4 nitrogen and oxygen atoms in total. The molecular weight excluding hydrogens is 334 g/mol. The molecule has 0 amide bonds. The topological polar surface area (TPSA) is 40.0 Å². The van der Waals surface area contributed by atoms with Crippen LogP contribution in [0.3, 0.4) is 0 Å². The zero-order valence-electron chi connectivity index (χ0n) is 11.9. The van der Waals surface area contributed by atoms with Crippen LogP contribution in [0.1, 0.15) is 11.1 Å². The molecule has 0 saturated heterocycles. The Morgan fingerprint density at radius 1 is 1.05 bits per heavy atom. The highest BCUT2D eigenvalue weighted by atomic mass is 79.9. The summed E-state index contributed by atoms with van der Waals surface area (Å²) in [5.74, 6) is 1.42. The molecule has 21 heavy (non-hydrogen) atoms. The molecule has 0 aromatic heterocycles. The molecule has 0 fully saturated rings. The highest BCUT2D eigenvalue weighted by Crippen LogP contribution is 2.23. The number of ether oxygens (including phenoxy) is 2. The van der Waals surface area contributed by atoms with E-state index in [4.69, 9.17) is 14.3 Å². The van der Waals surface area contributed by atoms with E-state index in [-0.39, 0.29) is 0 Å². The highest BCUT2D eigenvalue weighted by molar-refractivity contribution is 9.10. The van der Waals surface area contributed by atoms with Gasteiger partial charge in [0.15, 0.2) is 0 Å². The molecule has 0 saturated carbocycles. The van der Waals surface area contributed by atoms with Crippen molar-refractivity contribution in [1.82, 2.24) is 0 Å². The van der Waals surface area contributed by atoms with Crippen LogP contribution in [0.4, 0.5) is 0 Å². The summed E-state index contributed by atoms with van der Waals surface area (Å²) in [4.78, 5) is 5.29. The molecule has 0 bridgehead atoms. The SMILES string of the molecule is COc1ccc(/C=N\OCc2ccc(Br)cc2)c(OC)c1. The maximum atomic E-state index is 5.29. The summed E-state index contributed by atoms with van der Waals surface area (Å²) in [6.45, 7) is 0.419. The summed E-state index contributed by atoms with van der Waals surface area (Å²) < 4.78 is 11.5. The van der Waals surface area contributed by atoms with Crippen LogP contribution in [-0.2, 0) is 11.4 Å². The molecule has 2 aromatic rings. The largest absolute Gasteiger partial charge is 0.497 e. The molecule has 0 aliphatic heterocycles. The maximum absolute atomic E-state index is 5.29. The number of oxime groups is 1. The van der Waals surface area contributed by atoms with Gasteiger partial charge in [-0.3, -0.25) is 0 Å². The van der Waals surface area contributed by atoms with Gasteiger partial charge in [0.05, 0.1) is 20.4 Å². The van der Waals surface area contributed by atoms with Crippen molar-refractivity contribution in [2.45, 2.75) is 6.61 Å². The fourth-order valence-corrected chi connectivity index (χ4v) is 1.98. The fourth-order valence-electron chi connectivity index (χ4n) is 1.71. The molecule has 0 aliphatic rings. The van der Waals surface area contributed by atoms with E-state index in [1.807, 2.05) is 36.4 Å². The number of methoxy groups -OCH3 is 2. The first-order valence-corrected chi connectivity index (χ1v) is 7.14. The van der Waals surface area contributed by atoms with Gasteiger partial charge < -0.3 is 14.3 Å². The predicted octanol–water partition coefficient (Wildman–Crippen LogP) is 4.02. The number of hydrogen-bond acceptors (Lipinski definition) is 4. The second kappa shape index (κ2) is 7.69. The average molecular weight is 350 g/mol. The van der Waals surface area contributed by atoms with E-state index in [2.05, 4.69) is 21.1 Å². The Morgan fingerprint density at radius 2 is 1.81 bits per heavy atom. The minimum absolute atomic E-state index is 0.419. The summed E-state index contributed by atoms with van der Waals surface area (Å²) >= 11 is 3.39. The van der Waals surface area contributed by atoms with Crippen LogP contribution in [0.25, 0.3) is 0 Å². The van der Waals surface area contributed by atoms with Crippen molar-refractivity contribution in [3.63, 3.8) is 0 Å². The Morgan fingerprint density at radius 3 is 2.48 bits per heavy atom. The van der Waals surface area contributed by atoms with Gasteiger partial charge in [-0.15, -0.1) is 0 Å². The van der Waals surface area contributed by atoms with Crippen molar-refractivity contribution < 1.29 is 14.3 Å². The Balaban J connectivity index is 1.96. The monoisotopic (exact) mass is 349 g/mol. The van der Waals surface area contributed by atoms with Gasteiger partial charge in [-0.2, -0.15) is 0 Å². The number of halogens is 1. The first-order valence-electron chi connectivity index (χ1n) is 6.34. The zero-order valence-corrected chi connectivity index (χ0v) is 13.5. The van der Waals surface area contributed by atoms with Gasteiger partial charge in [0, 0.05) is 16.1 Å². The second-order valence-corrected chi connectivity index (χ2v) is 5.16. The third-order valence-corrected chi connectivity index (χ3v) is 3.38. The molecule has 0 heterocycles. The average Bonchev–Trinajstić information content (AvgIpc) is 2.53. The van der Waals surface area contributed by atoms with E-state index in [1.165, 1.54) is 0 Å². The van der Waals surface area contributed by atoms with Crippen molar-refractivity contribution in [2.24, 2.45) is 5.16 Å². The number of rotatable bonds is 6. The van der Waals surface area contributed by atoms with Crippen LogP contribution in [-0.4, -0.2) is 20.4 Å². The lowest BCUT2D eigenvalue weighted by Crippen LogP contribution is -1.93. The van der Waals surface area contributed by atoms with Crippen molar-refractivity contribution in [3.05, 3.63) is 58.1 Å². The van der Waals surface area contributed by atoms with Crippen molar-refractivity contribution >= 4 is 22.1 Å². The summed E-state index contributed by atoms with van der Waals surface area (Å²) in [6, 6.07) is 13.4. The van der Waals surface area contributed by atoms with E-state index in [9.17, 15) is 0 Å². The van der Waals surface area contributed by atoms with Gasteiger partial charge in [-0.25, -0.2) is 0 Å². The summed E-state index contributed by atoms with van der Waals surface area (Å²) in [5.41, 5.74) is 1.88. The molecule has 2 aromatic carbocycles. The Bertz CT molecular complexity index is 611. The van der Waals surface area contributed by atoms with Crippen LogP contribution in [0.5, 0.6) is 11.5 Å². The Labute approximate surface area is 132 Å². The van der Waals surface area contributed by atoms with E-state index in [0.717, 1.165) is 21.3 Å². The smallest absolute Gasteiger partial charge is 0.142 e. The van der Waals surface area contributed by atoms with Crippen LogP contribution >= 0.6 is 15.9 Å². The molecule has 0 aliphatic carbocycles. The van der Waals surface area contributed by atoms with E-state index in [0.29, 0.717) is 12.4 Å². The van der Waals surface area contributed by atoms with Crippen LogP contribution < -0.4 is 9.47 Å². The van der Waals surface area contributed by atoms with Crippen molar-refractivity contribution in [2.75, 3.05) is 14.2 Å². The number of nitrogens with zero attached hydrogens (tertiary/aromatic N) is 1. The molecule has 110 valence electrons. The van der Waals surface area contributed by atoms with Crippen molar-refractivity contribution in [1.29, 1.82) is 0 Å². The van der Waals surface area contributed by atoms with Crippen molar-refractivity contribution in [3.8, 4) is 11.5 Å². The minimum atomic E-state index is 0.419. The lowest BCUT2D eigenvalue weighted by molar-refractivity contribution is 0.132. The fraction of sp³-hybridized carbons (Fsp3) is 0.188. The predicted molar refractivity (Wildman–Crippen MR) is 86.1 cm³/mol. The molecule has 0 radical (unpaired) electrons. The molecule has 0 spiro atoms. The third kappa shape index (κ3) is 4.49. The maximum Gasteiger partial charge on any atom is 0.142 e. The standard InChI is InChI=1S/C16H16BrNO3/c1-19-15-8-5-13(16(9-15)20-2)10-18-21-11-12-3-6-14(17)7-4-12/h3-10H,11H2,1-2H3/b18-10-. The summed E-state index contributed by atoms with van der Waals surface area (Å²) in [6.07, 6.45) is 1.62. The quantitative estimate of drug-likeness (QED) is 0.584. The Kier molecular flexibility index (Phi) is 5.63. The second-order valence-electron chi connectivity index (χ2n) is 4.24. The van der Waals surface area contributed by atoms with E-state index >= 15 is 0 Å². The molecule has 0 N–H and O–H groups in total. The number of benzene rings is 2. The van der Waals surface area contributed by atoms with Gasteiger partial charge in [0.25, 0.3) is 0 Å². The molecule has 2 rings (SSSR count). The minimum Gasteiger partial charge on any atom is -0.497 e. The van der Waals surface area contributed by atoms with Crippen LogP contribution in [0, 0.1) is 0 Å². The zero-order chi connectivity index (χ0) is 15.1. The molecule has 5 heteroatoms. The molecule has 0 unspecified atom stereocenters. The molecule has 0 atom stereocenters. The normalized spacial score (nSPS) is 10.6. The van der Waals surface area contributed by atoms with E-state index in [1.54, 1.807) is 26.5 Å². The van der Waals surface area contributed by atoms with Gasteiger partial charge in [-0.05, 0) is 29.8 Å². The summed E-state index contributed by atoms with van der Waals surface area (Å²) in [5, 5.41) is 3.97. The lowest BCUT2D eigenvalue weighted by Gasteiger charge is -2.06. The van der Waals surface area contributed by atoms with Gasteiger partial charge in [-0.1, -0.05) is 33.2 Å². The first kappa shape index (κ1) is 15.4. The molecular formula is C16H16BrNO3. The van der Waals surface area contributed by atoms with Gasteiger partial charge in [0.2, 0.25) is 0 Å². The lowest BCUT2D eigenvalue weighted by atomic mass is 10.2. The van der Waals surface area contributed by atoms with Gasteiger partial charge in [0.1, 0.15) is 18.1 Å². The van der Waals surface area contributed by atoms with E-state index < -0.39 is 0 Å². The highest BCUT2D eigenvalue weighted by Gasteiger charge is 2.02. The van der Waals surface area contributed by atoms with Gasteiger partial charge >= 0.3 is 0 Å². The van der Waals surface area contributed by atoms with Crippen LogP contribution in [0.2, 0.25) is 0 Å².